The monoisotopic (exact) mass is 382 g/mol. The summed E-state index contributed by atoms with van der Waals surface area (Å²) in [7, 11) is 3.58. The molecule has 3 saturated heterocycles. The van der Waals surface area contributed by atoms with Gasteiger partial charge in [-0.05, 0) is 43.5 Å². The third-order valence-electron chi connectivity index (χ3n) is 8.67. The van der Waals surface area contributed by atoms with Gasteiger partial charge in [0.25, 0.3) is 0 Å². The lowest BCUT2D eigenvalue weighted by Gasteiger charge is -2.66. The largest absolute Gasteiger partial charge is 0.508 e. The Balaban J connectivity index is 1.75. The van der Waals surface area contributed by atoms with E-state index in [-0.39, 0.29) is 23.7 Å². The Kier molecular flexibility index (Phi) is 2.96. The lowest BCUT2D eigenvalue weighted by Crippen LogP contribution is -2.80. The number of likely N-dealkylation sites (N-methyl/N-ethyl adjacent to an activating group) is 1. The van der Waals surface area contributed by atoms with Crippen LogP contribution in [0.4, 0.5) is 5.69 Å². The summed E-state index contributed by atoms with van der Waals surface area (Å²) in [6, 6.07) is 5.79. The van der Waals surface area contributed by atoms with Crippen LogP contribution in [0.2, 0.25) is 0 Å². The predicted molar refractivity (Wildman–Crippen MR) is 103 cm³/mol. The Morgan fingerprint density at radius 3 is 3.00 bits per heavy atom. The van der Waals surface area contributed by atoms with E-state index < -0.39 is 16.6 Å². The number of nitrogens with zero attached hydrogens (tertiary/aromatic N) is 2. The zero-order valence-electron chi connectivity index (χ0n) is 16.6. The van der Waals surface area contributed by atoms with Crippen molar-refractivity contribution in [3.8, 4) is 5.75 Å². The van der Waals surface area contributed by atoms with Gasteiger partial charge < -0.3 is 19.5 Å². The fourth-order valence-electron chi connectivity index (χ4n) is 7.78. The molecule has 28 heavy (non-hydrogen) atoms. The lowest BCUT2D eigenvalue weighted by atomic mass is 9.43. The lowest BCUT2D eigenvalue weighted by molar-refractivity contribution is -0.184. The van der Waals surface area contributed by atoms with Crippen molar-refractivity contribution in [2.24, 2.45) is 11.3 Å². The molecule has 5 aliphatic rings. The Bertz CT molecular complexity index is 944. The van der Waals surface area contributed by atoms with Crippen LogP contribution in [0.5, 0.6) is 5.75 Å². The number of benzene rings is 1. The summed E-state index contributed by atoms with van der Waals surface area (Å²) in [5.74, 6) is 0.170. The molecule has 0 radical (unpaired) electrons. The molecule has 148 valence electrons. The fraction of sp³-hybridized carbons (Fsp3) is 0.591. The molecule has 1 aliphatic carbocycles. The first kappa shape index (κ1) is 16.9. The number of phenols is 1. The summed E-state index contributed by atoms with van der Waals surface area (Å²) in [6.45, 7) is 4.25. The molecule has 6 heteroatoms. The highest BCUT2D eigenvalue weighted by Crippen LogP contribution is 2.76. The van der Waals surface area contributed by atoms with Gasteiger partial charge in [0.1, 0.15) is 11.2 Å². The van der Waals surface area contributed by atoms with E-state index in [1.807, 2.05) is 12.1 Å². The van der Waals surface area contributed by atoms with Gasteiger partial charge in [-0.25, -0.2) is 0 Å². The van der Waals surface area contributed by atoms with E-state index in [2.05, 4.69) is 29.8 Å². The van der Waals surface area contributed by atoms with E-state index in [4.69, 9.17) is 9.47 Å². The maximum atomic E-state index is 13.6. The molecule has 0 spiro atoms. The third kappa shape index (κ3) is 1.37. The van der Waals surface area contributed by atoms with Crippen molar-refractivity contribution in [1.82, 2.24) is 4.90 Å². The number of aromatic hydroxyl groups is 1. The number of carbonyl (C=O) groups excluding carboxylic acids is 1. The van der Waals surface area contributed by atoms with Gasteiger partial charge in [0.05, 0.1) is 25.2 Å². The summed E-state index contributed by atoms with van der Waals surface area (Å²) < 4.78 is 12.2. The van der Waals surface area contributed by atoms with Gasteiger partial charge in [0.2, 0.25) is 0 Å². The standard InChI is InChI=1S/C22H26N2O4/c1-4-13-11-24-8-7-21-16-9-14(25)5-6-17(16)23(2)22(21)18(24)10-15(13)20(21,12-28-22)19(26)27-3/h4-6,9,15,18,25H,7-8,10-12H2,1-3H3/t15-,18+,20?,21+,22-/m1/s1. The van der Waals surface area contributed by atoms with Gasteiger partial charge in [-0.3, -0.25) is 9.69 Å². The number of phenolic OH excluding ortho intramolecular Hbond substituents is 1. The quantitative estimate of drug-likeness (QED) is 0.592. The molecule has 6 nitrogen and oxygen atoms in total. The molecule has 5 atom stereocenters. The van der Waals surface area contributed by atoms with Crippen LogP contribution in [-0.4, -0.2) is 61.6 Å². The van der Waals surface area contributed by atoms with Crippen LogP contribution in [0.1, 0.15) is 25.3 Å². The molecule has 1 aromatic rings. The third-order valence-corrected chi connectivity index (χ3v) is 8.67. The average molecular weight is 382 g/mol. The molecule has 4 heterocycles. The second-order valence-electron chi connectivity index (χ2n) is 9.00. The molecule has 1 N–H and O–H groups in total. The van der Waals surface area contributed by atoms with Crippen LogP contribution >= 0.6 is 0 Å². The van der Waals surface area contributed by atoms with Crippen molar-refractivity contribution in [3.05, 3.63) is 35.4 Å². The summed E-state index contributed by atoms with van der Waals surface area (Å²) in [4.78, 5) is 18.4. The molecule has 1 saturated carbocycles. The van der Waals surface area contributed by atoms with E-state index >= 15 is 0 Å². The van der Waals surface area contributed by atoms with Gasteiger partial charge >= 0.3 is 5.97 Å². The van der Waals surface area contributed by atoms with Crippen molar-refractivity contribution < 1.29 is 19.4 Å². The summed E-state index contributed by atoms with van der Waals surface area (Å²) >= 11 is 0. The number of anilines is 1. The number of methoxy groups -OCH3 is 1. The first-order chi connectivity index (χ1) is 13.5. The minimum Gasteiger partial charge on any atom is -0.508 e. The Labute approximate surface area is 164 Å². The number of hydrogen-bond donors (Lipinski definition) is 1. The Morgan fingerprint density at radius 2 is 2.25 bits per heavy atom. The molecular formula is C22H26N2O4. The molecule has 5 bridgehead atoms. The minimum absolute atomic E-state index is 0.101. The van der Waals surface area contributed by atoms with Gasteiger partial charge in [0.15, 0.2) is 5.72 Å². The van der Waals surface area contributed by atoms with Crippen molar-refractivity contribution in [3.63, 3.8) is 0 Å². The van der Waals surface area contributed by atoms with E-state index in [0.29, 0.717) is 6.61 Å². The van der Waals surface area contributed by atoms with Crippen molar-refractivity contribution in [2.75, 3.05) is 38.8 Å². The van der Waals surface area contributed by atoms with Crippen LogP contribution in [-0.2, 0) is 19.7 Å². The zero-order chi connectivity index (χ0) is 19.5. The van der Waals surface area contributed by atoms with E-state index in [1.165, 1.54) is 12.7 Å². The molecule has 6 rings (SSSR count). The number of ether oxygens (including phenoxy) is 2. The number of carbonyl (C=O) groups is 1. The first-order valence-corrected chi connectivity index (χ1v) is 10.2. The van der Waals surface area contributed by atoms with Crippen LogP contribution in [0.3, 0.4) is 0 Å². The smallest absolute Gasteiger partial charge is 0.315 e. The van der Waals surface area contributed by atoms with Crippen molar-refractivity contribution >= 4 is 11.7 Å². The fourth-order valence-corrected chi connectivity index (χ4v) is 7.78. The Morgan fingerprint density at radius 1 is 1.43 bits per heavy atom. The SMILES string of the molecule is CC=C1CN2CC[C@@]34c5cc(O)ccc5N(C)[C@]35OCC4(C(=O)OC)[C@@H]1C[C@H]25. The number of esters is 1. The van der Waals surface area contributed by atoms with Crippen LogP contribution in [0, 0.1) is 11.3 Å². The summed E-state index contributed by atoms with van der Waals surface area (Å²) in [6.07, 6.45) is 3.92. The molecule has 4 aliphatic heterocycles. The molecule has 1 unspecified atom stereocenters. The van der Waals surface area contributed by atoms with Crippen molar-refractivity contribution in [1.29, 1.82) is 0 Å². The highest BCUT2D eigenvalue weighted by molar-refractivity contribution is 5.86. The van der Waals surface area contributed by atoms with E-state index in [0.717, 1.165) is 37.2 Å². The number of rotatable bonds is 1. The second-order valence-corrected chi connectivity index (χ2v) is 9.00. The van der Waals surface area contributed by atoms with Crippen LogP contribution in [0.15, 0.2) is 29.8 Å². The molecule has 0 amide bonds. The summed E-state index contributed by atoms with van der Waals surface area (Å²) in [5.41, 5.74) is 1.54. The maximum absolute atomic E-state index is 13.6. The molecule has 4 fully saturated rings. The molecule has 1 aromatic carbocycles. The average Bonchev–Trinajstić information content (AvgIpc) is 3.08. The van der Waals surface area contributed by atoms with E-state index in [1.54, 1.807) is 6.07 Å². The molecule has 0 aromatic heterocycles. The number of hydrogen-bond acceptors (Lipinski definition) is 6. The zero-order valence-corrected chi connectivity index (χ0v) is 16.6. The predicted octanol–water partition coefficient (Wildman–Crippen LogP) is 2.02. The van der Waals surface area contributed by atoms with Crippen LogP contribution in [0.25, 0.3) is 0 Å². The first-order valence-electron chi connectivity index (χ1n) is 10.2. The number of piperidine rings is 2. The van der Waals surface area contributed by atoms with Gasteiger partial charge in [-0.15, -0.1) is 0 Å². The second kappa shape index (κ2) is 4.92. The Hall–Kier alpha value is -2.05. The molecular weight excluding hydrogens is 356 g/mol. The normalized spacial score (nSPS) is 44.0. The number of allylic oxidation sites excluding steroid dienone is 1. The number of fused-ring (bicyclic) bond motifs is 3. The van der Waals surface area contributed by atoms with Gasteiger partial charge in [-0.2, -0.15) is 0 Å². The highest BCUT2D eigenvalue weighted by Gasteiger charge is 2.86. The van der Waals surface area contributed by atoms with Gasteiger partial charge in [0, 0.05) is 31.7 Å². The van der Waals surface area contributed by atoms with Crippen LogP contribution < -0.4 is 4.90 Å². The maximum Gasteiger partial charge on any atom is 0.315 e. The van der Waals surface area contributed by atoms with Crippen molar-refractivity contribution in [2.45, 2.75) is 36.9 Å². The van der Waals surface area contributed by atoms with E-state index in [9.17, 15) is 9.90 Å². The van der Waals surface area contributed by atoms with Gasteiger partial charge in [-0.1, -0.05) is 11.6 Å². The highest BCUT2D eigenvalue weighted by atomic mass is 16.6. The summed E-state index contributed by atoms with van der Waals surface area (Å²) in [5, 5.41) is 10.4. The minimum atomic E-state index is -0.764. The topological polar surface area (TPSA) is 62.2 Å².